The number of hydrogen-bond acceptors (Lipinski definition) is 5. The van der Waals surface area contributed by atoms with Crippen molar-refractivity contribution in [2.24, 2.45) is 0 Å². The first-order valence-corrected chi connectivity index (χ1v) is 13.9. The summed E-state index contributed by atoms with van der Waals surface area (Å²) in [6.45, 7) is 6.01. The van der Waals surface area contributed by atoms with Gasteiger partial charge in [0.2, 0.25) is 5.91 Å². The molecule has 5 rings (SSSR count). The van der Waals surface area contributed by atoms with Gasteiger partial charge in [0.05, 0.1) is 0 Å². The topological polar surface area (TPSA) is 84.9 Å². The molecule has 0 bridgehead atoms. The molecule has 1 aliphatic heterocycles. The molecule has 2 amide bonds. The Balaban J connectivity index is 1.31. The highest BCUT2D eigenvalue weighted by atomic mass is 16.6. The molecule has 0 aromatic heterocycles. The van der Waals surface area contributed by atoms with Crippen molar-refractivity contribution in [3.8, 4) is 11.1 Å². The third-order valence-corrected chi connectivity index (χ3v) is 7.43. The summed E-state index contributed by atoms with van der Waals surface area (Å²) >= 11 is 0. The minimum absolute atomic E-state index is 0.0865. The number of fused-ring (bicyclic) bond motifs is 3. The fourth-order valence-electron chi connectivity index (χ4n) is 5.68. The highest BCUT2D eigenvalue weighted by Crippen LogP contribution is 2.44. The molecule has 1 aliphatic carbocycles. The van der Waals surface area contributed by atoms with Gasteiger partial charge in [0.1, 0.15) is 24.3 Å². The molecular weight excluding hydrogens is 504 g/mol. The van der Waals surface area contributed by atoms with Crippen LogP contribution in [0.15, 0.2) is 78.9 Å². The second kappa shape index (κ2) is 11.5. The normalized spacial score (nSPS) is 17.1. The van der Waals surface area contributed by atoms with E-state index in [2.05, 4.69) is 29.6 Å². The fraction of sp³-hybridized carbons (Fsp3) is 0.364. The molecule has 0 unspecified atom stereocenters. The number of esters is 1. The van der Waals surface area contributed by atoms with E-state index in [1.165, 1.54) is 0 Å². The summed E-state index contributed by atoms with van der Waals surface area (Å²) in [6, 6.07) is 24.2. The number of carbonyl (C=O) groups excluding carboxylic acids is 3. The molecule has 3 aromatic rings. The quantitative estimate of drug-likeness (QED) is 0.402. The molecule has 7 nitrogen and oxygen atoms in total. The van der Waals surface area contributed by atoms with Crippen LogP contribution >= 0.6 is 0 Å². The number of rotatable bonds is 7. The van der Waals surface area contributed by atoms with Crippen molar-refractivity contribution in [1.82, 2.24) is 10.2 Å². The Morgan fingerprint density at radius 1 is 0.900 bits per heavy atom. The van der Waals surface area contributed by atoms with E-state index < -0.39 is 29.7 Å². The summed E-state index contributed by atoms with van der Waals surface area (Å²) < 4.78 is 11.3. The number of amides is 2. The lowest BCUT2D eigenvalue weighted by atomic mass is 9.98. The second-order valence-corrected chi connectivity index (χ2v) is 11.4. The molecule has 0 radical (unpaired) electrons. The number of nitrogens with one attached hydrogen (secondary N) is 1. The van der Waals surface area contributed by atoms with Crippen molar-refractivity contribution < 1.29 is 23.9 Å². The monoisotopic (exact) mass is 540 g/mol. The number of alkyl carbamates (subject to hydrolysis) is 1. The van der Waals surface area contributed by atoms with Crippen molar-refractivity contribution in [2.75, 3.05) is 13.2 Å². The number of nitrogens with zero attached hydrogens (tertiary/aromatic N) is 1. The Bertz CT molecular complexity index is 1340. The van der Waals surface area contributed by atoms with Gasteiger partial charge in [0.15, 0.2) is 0 Å². The number of likely N-dealkylation sites (tertiary alicyclic amines) is 1. The van der Waals surface area contributed by atoms with E-state index in [1.54, 1.807) is 4.90 Å². The number of benzene rings is 3. The lowest BCUT2D eigenvalue weighted by molar-refractivity contribution is -0.163. The SMILES string of the molecule is CC(C)(C)OC(=O)[C@@H]1CCCN1C(=O)[C@H](Cc1ccccc1)NC(=O)OCC1c2ccccc2-c2ccccc21. The predicted octanol–water partition coefficient (Wildman–Crippen LogP) is 5.47. The lowest BCUT2D eigenvalue weighted by Gasteiger charge is -2.30. The first kappa shape index (κ1) is 27.4. The van der Waals surface area contributed by atoms with Crippen LogP contribution in [0.5, 0.6) is 0 Å². The van der Waals surface area contributed by atoms with E-state index in [0.29, 0.717) is 19.4 Å². The van der Waals surface area contributed by atoms with Crippen LogP contribution in [0, 0.1) is 0 Å². The standard InChI is InChI=1S/C33H36N2O5/c1-33(2,3)40-31(37)29-18-11-19-35(29)30(36)28(20-22-12-5-4-6-13-22)34-32(38)39-21-27-25-16-9-7-14-23(25)24-15-8-10-17-26(24)27/h4-10,12-17,27-29H,11,18-21H2,1-3H3,(H,34,38)/t28-,29-/m0/s1. The van der Waals surface area contributed by atoms with E-state index in [1.807, 2.05) is 75.4 Å². The first-order valence-electron chi connectivity index (χ1n) is 13.9. The van der Waals surface area contributed by atoms with Gasteiger partial charge in [-0.3, -0.25) is 4.79 Å². The Labute approximate surface area is 235 Å². The van der Waals surface area contributed by atoms with Crippen LogP contribution in [-0.4, -0.2) is 53.7 Å². The maximum absolute atomic E-state index is 13.8. The van der Waals surface area contributed by atoms with E-state index in [4.69, 9.17) is 9.47 Å². The van der Waals surface area contributed by atoms with Gasteiger partial charge < -0.3 is 19.7 Å². The van der Waals surface area contributed by atoms with Crippen molar-refractivity contribution in [2.45, 2.75) is 63.6 Å². The van der Waals surface area contributed by atoms with Gasteiger partial charge in [-0.05, 0) is 61.4 Å². The van der Waals surface area contributed by atoms with Gasteiger partial charge >= 0.3 is 12.1 Å². The van der Waals surface area contributed by atoms with Gasteiger partial charge in [-0.1, -0.05) is 78.9 Å². The van der Waals surface area contributed by atoms with Gasteiger partial charge in [0, 0.05) is 18.9 Å². The van der Waals surface area contributed by atoms with Gasteiger partial charge in [-0.2, -0.15) is 0 Å². The highest BCUT2D eigenvalue weighted by Gasteiger charge is 2.40. The molecule has 2 atom stereocenters. The zero-order valence-electron chi connectivity index (χ0n) is 23.3. The lowest BCUT2D eigenvalue weighted by Crippen LogP contribution is -2.53. The van der Waals surface area contributed by atoms with Gasteiger partial charge in [-0.15, -0.1) is 0 Å². The summed E-state index contributed by atoms with van der Waals surface area (Å²) in [5.41, 5.74) is 4.76. The van der Waals surface area contributed by atoms with Crippen LogP contribution in [0.3, 0.4) is 0 Å². The van der Waals surface area contributed by atoms with Crippen LogP contribution in [0.1, 0.15) is 56.2 Å². The zero-order chi connectivity index (χ0) is 28.3. The smallest absolute Gasteiger partial charge is 0.407 e. The summed E-state index contributed by atoms with van der Waals surface area (Å²) in [6.07, 6.45) is 0.841. The third kappa shape index (κ3) is 6.03. The van der Waals surface area contributed by atoms with Crippen molar-refractivity contribution in [3.05, 3.63) is 95.6 Å². The van der Waals surface area contributed by atoms with E-state index >= 15 is 0 Å². The molecule has 3 aromatic carbocycles. The molecule has 1 heterocycles. The van der Waals surface area contributed by atoms with Crippen LogP contribution in [-0.2, 0) is 25.5 Å². The molecular formula is C33H36N2O5. The predicted molar refractivity (Wildman–Crippen MR) is 153 cm³/mol. The Kier molecular flexibility index (Phi) is 7.92. The van der Waals surface area contributed by atoms with Crippen LogP contribution in [0.2, 0.25) is 0 Å². The van der Waals surface area contributed by atoms with Gasteiger partial charge in [-0.25, -0.2) is 9.59 Å². The van der Waals surface area contributed by atoms with E-state index in [0.717, 1.165) is 27.8 Å². The average Bonchev–Trinajstić information content (AvgIpc) is 3.54. The largest absolute Gasteiger partial charge is 0.458 e. The minimum atomic E-state index is -0.888. The van der Waals surface area contributed by atoms with Crippen LogP contribution in [0.4, 0.5) is 4.79 Å². The number of ether oxygens (including phenoxy) is 2. The van der Waals surface area contributed by atoms with Crippen LogP contribution in [0.25, 0.3) is 11.1 Å². The average molecular weight is 541 g/mol. The van der Waals surface area contributed by atoms with Crippen molar-refractivity contribution >= 4 is 18.0 Å². The van der Waals surface area contributed by atoms with Crippen molar-refractivity contribution in [3.63, 3.8) is 0 Å². The molecule has 1 fully saturated rings. The molecule has 7 heteroatoms. The zero-order valence-corrected chi connectivity index (χ0v) is 23.3. The summed E-state index contributed by atoms with van der Waals surface area (Å²) in [4.78, 5) is 41.4. The molecule has 1 saturated heterocycles. The third-order valence-electron chi connectivity index (χ3n) is 7.43. The van der Waals surface area contributed by atoms with Crippen molar-refractivity contribution in [1.29, 1.82) is 0 Å². The molecule has 0 saturated carbocycles. The maximum atomic E-state index is 13.8. The minimum Gasteiger partial charge on any atom is -0.458 e. The van der Waals surface area contributed by atoms with Gasteiger partial charge in [0.25, 0.3) is 0 Å². The summed E-state index contributed by atoms with van der Waals surface area (Å²) in [5, 5.41) is 2.82. The Morgan fingerprint density at radius 2 is 1.50 bits per heavy atom. The molecule has 40 heavy (non-hydrogen) atoms. The second-order valence-electron chi connectivity index (χ2n) is 11.4. The highest BCUT2D eigenvalue weighted by molar-refractivity contribution is 5.90. The Morgan fingerprint density at radius 3 is 2.12 bits per heavy atom. The maximum Gasteiger partial charge on any atom is 0.407 e. The summed E-state index contributed by atoms with van der Waals surface area (Å²) in [7, 11) is 0. The fourth-order valence-corrected chi connectivity index (χ4v) is 5.68. The van der Waals surface area contributed by atoms with E-state index in [-0.39, 0.29) is 24.9 Å². The Hall–Kier alpha value is -4.13. The first-order chi connectivity index (χ1) is 19.2. The van der Waals surface area contributed by atoms with Crippen LogP contribution < -0.4 is 5.32 Å². The summed E-state index contributed by atoms with van der Waals surface area (Å²) in [5.74, 6) is -0.819. The molecule has 0 spiro atoms. The van der Waals surface area contributed by atoms with E-state index in [9.17, 15) is 14.4 Å². The molecule has 2 aliphatic rings. The molecule has 1 N–H and O–H groups in total. The number of carbonyl (C=O) groups is 3. The molecule has 208 valence electrons. The number of hydrogen-bond donors (Lipinski definition) is 1.